The summed E-state index contributed by atoms with van der Waals surface area (Å²) in [5.74, 6) is -1.11. The van der Waals surface area contributed by atoms with Gasteiger partial charge in [-0.1, -0.05) is 39.1 Å². The lowest BCUT2D eigenvalue weighted by Gasteiger charge is -2.25. The van der Waals surface area contributed by atoms with Crippen molar-refractivity contribution in [2.24, 2.45) is 0 Å². The van der Waals surface area contributed by atoms with Crippen LogP contribution in [0.15, 0.2) is 51.8 Å². The van der Waals surface area contributed by atoms with Crippen LogP contribution in [0.3, 0.4) is 0 Å². The van der Waals surface area contributed by atoms with Gasteiger partial charge in [0, 0.05) is 16.0 Å². The first-order chi connectivity index (χ1) is 11.2. The lowest BCUT2D eigenvalue weighted by molar-refractivity contribution is -0.136. The molecule has 24 heavy (non-hydrogen) atoms. The van der Waals surface area contributed by atoms with Gasteiger partial charge in [0.25, 0.3) is 10.0 Å². The van der Waals surface area contributed by atoms with Crippen LogP contribution in [0.25, 0.3) is 0 Å². The molecule has 5 nitrogen and oxygen atoms in total. The molecule has 0 unspecified atom stereocenters. The molecular formula is C15H12BrCl2NO4S. The van der Waals surface area contributed by atoms with Gasteiger partial charge in [-0.3, -0.25) is 9.10 Å². The van der Waals surface area contributed by atoms with E-state index < -0.39 is 16.0 Å². The van der Waals surface area contributed by atoms with Gasteiger partial charge in [0.1, 0.15) is 0 Å². The summed E-state index contributed by atoms with van der Waals surface area (Å²) in [7, 11) is -3.98. The third-order valence-corrected chi connectivity index (χ3v) is 6.00. The molecule has 9 heteroatoms. The van der Waals surface area contributed by atoms with Crippen molar-refractivity contribution in [3.63, 3.8) is 0 Å². The SMILES string of the molecule is O=C(O)CCN(c1ccc(Cl)cc1Cl)S(=O)(=O)c1ccc(Br)cc1. The fourth-order valence-electron chi connectivity index (χ4n) is 1.98. The molecule has 0 bridgehead atoms. The highest BCUT2D eigenvalue weighted by atomic mass is 79.9. The molecule has 0 aromatic heterocycles. The maximum absolute atomic E-state index is 12.9. The molecule has 0 spiro atoms. The number of halogens is 3. The maximum Gasteiger partial charge on any atom is 0.305 e. The summed E-state index contributed by atoms with van der Waals surface area (Å²) in [6.45, 7) is -0.255. The normalized spacial score (nSPS) is 11.3. The first-order valence-electron chi connectivity index (χ1n) is 6.67. The van der Waals surface area contributed by atoms with Gasteiger partial charge >= 0.3 is 5.97 Å². The molecule has 0 atom stereocenters. The van der Waals surface area contributed by atoms with E-state index in [1.807, 2.05) is 0 Å². The van der Waals surface area contributed by atoms with Crippen molar-refractivity contribution in [1.82, 2.24) is 0 Å². The Kier molecular flexibility index (Phi) is 6.14. The minimum absolute atomic E-state index is 0.0297. The van der Waals surface area contributed by atoms with Crippen LogP contribution in [-0.4, -0.2) is 26.0 Å². The summed E-state index contributed by atoms with van der Waals surface area (Å²) in [4.78, 5) is 10.9. The summed E-state index contributed by atoms with van der Waals surface area (Å²) in [6, 6.07) is 10.4. The highest BCUT2D eigenvalue weighted by Crippen LogP contribution is 2.33. The molecule has 0 radical (unpaired) electrons. The number of carboxylic acid groups (broad SMARTS) is 1. The molecule has 0 saturated heterocycles. The van der Waals surface area contributed by atoms with Crippen molar-refractivity contribution in [1.29, 1.82) is 0 Å². The van der Waals surface area contributed by atoms with Crippen LogP contribution in [0, 0.1) is 0 Å². The number of anilines is 1. The van der Waals surface area contributed by atoms with Gasteiger partial charge < -0.3 is 5.11 Å². The zero-order valence-corrected chi connectivity index (χ0v) is 16.0. The van der Waals surface area contributed by atoms with Crippen LogP contribution in [-0.2, 0) is 14.8 Å². The molecule has 128 valence electrons. The smallest absolute Gasteiger partial charge is 0.305 e. The highest BCUT2D eigenvalue weighted by molar-refractivity contribution is 9.10. The third-order valence-electron chi connectivity index (χ3n) is 3.11. The average molecular weight is 453 g/mol. The van der Waals surface area contributed by atoms with Crippen molar-refractivity contribution >= 4 is 60.8 Å². The topological polar surface area (TPSA) is 74.7 Å². The Balaban J connectivity index is 2.52. The van der Waals surface area contributed by atoms with Crippen LogP contribution in [0.1, 0.15) is 6.42 Å². The van der Waals surface area contributed by atoms with Crippen LogP contribution < -0.4 is 4.31 Å². The van der Waals surface area contributed by atoms with E-state index in [0.29, 0.717) is 5.02 Å². The predicted molar refractivity (Wildman–Crippen MR) is 97.4 cm³/mol. The zero-order chi connectivity index (χ0) is 17.9. The number of hydrogen-bond donors (Lipinski definition) is 1. The Labute approximate surface area is 158 Å². The van der Waals surface area contributed by atoms with E-state index in [0.717, 1.165) is 8.78 Å². The number of nitrogens with zero attached hydrogens (tertiary/aromatic N) is 1. The number of benzene rings is 2. The number of sulfonamides is 1. The fourth-order valence-corrected chi connectivity index (χ4v) is 4.29. The molecular weight excluding hydrogens is 441 g/mol. The standard InChI is InChI=1S/C15H12BrCl2NO4S/c16-10-1-4-12(5-2-10)24(22,23)19(8-7-15(20)21)14-6-3-11(17)9-13(14)18/h1-6,9H,7-8H2,(H,20,21). The molecule has 2 aromatic rings. The third kappa shape index (κ3) is 4.42. The first-order valence-corrected chi connectivity index (χ1v) is 9.66. The van der Waals surface area contributed by atoms with Gasteiger partial charge in [0.15, 0.2) is 0 Å². The number of carbonyl (C=O) groups is 1. The summed E-state index contributed by atoms with van der Waals surface area (Å²) < 4.78 is 27.5. The van der Waals surface area contributed by atoms with Gasteiger partial charge in [0.2, 0.25) is 0 Å². The summed E-state index contributed by atoms with van der Waals surface area (Å²) in [5.41, 5.74) is 0.172. The maximum atomic E-state index is 12.9. The molecule has 1 N–H and O–H groups in total. The molecule has 0 amide bonds. The highest BCUT2D eigenvalue weighted by Gasteiger charge is 2.27. The number of rotatable bonds is 6. The summed E-state index contributed by atoms with van der Waals surface area (Å²) in [5, 5.41) is 9.38. The van der Waals surface area contributed by atoms with Crippen LogP contribution in [0.4, 0.5) is 5.69 Å². The largest absolute Gasteiger partial charge is 0.481 e. The van der Waals surface area contributed by atoms with E-state index in [4.69, 9.17) is 28.3 Å². The summed E-state index contributed by atoms with van der Waals surface area (Å²) >= 11 is 15.2. The van der Waals surface area contributed by atoms with E-state index >= 15 is 0 Å². The number of aliphatic carboxylic acids is 1. The summed E-state index contributed by atoms with van der Waals surface area (Å²) in [6.07, 6.45) is -0.366. The molecule has 0 saturated carbocycles. The lowest BCUT2D eigenvalue weighted by atomic mass is 10.3. The van der Waals surface area contributed by atoms with E-state index in [9.17, 15) is 13.2 Å². The van der Waals surface area contributed by atoms with Crippen LogP contribution in [0.5, 0.6) is 0 Å². The van der Waals surface area contributed by atoms with E-state index in [-0.39, 0.29) is 28.6 Å². The van der Waals surface area contributed by atoms with Crippen molar-refractivity contribution in [2.75, 3.05) is 10.8 Å². The Hall–Kier alpha value is -1.28. The molecule has 2 rings (SSSR count). The molecule has 0 fully saturated rings. The first kappa shape index (κ1) is 19.1. The quantitative estimate of drug-likeness (QED) is 0.703. The van der Waals surface area contributed by atoms with Crippen molar-refractivity contribution in [2.45, 2.75) is 11.3 Å². The second-order valence-corrected chi connectivity index (χ2v) is 8.39. The molecule has 0 aliphatic carbocycles. The lowest BCUT2D eigenvalue weighted by Crippen LogP contribution is -2.33. The van der Waals surface area contributed by atoms with E-state index in [2.05, 4.69) is 15.9 Å². The average Bonchev–Trinajstić information content (AvgIpc) is 2.49. The monoisotopic (exact) mass is 451 g/mol. The minimum atomic E-state index is -3.98. The number of carboxylic acids is 1. The Morgan fingerprint density at radius 3 is 2.29 bits per heavy atom. The Morgan fingerprint density at radius 1 is 1.12 bits per heavy atom. The van der Waals surface area contributed by atoms with Gasteiger partial charge in [-0.25, -0.2) is 8.42 Å². The van der Waals surface area contributed by atoms with E-state index in [1.54, 1.807) is 12.1 Å². The molecule has 2 aromatic carbocycles. The van der Waals surface area contributed by atoms with Crippen LogP contribution >= 0.6 is 39.1 Å². The van der Waals surface area contributed by atoms with Crippen molar-refractivity contribution < 1.29 is 18.3 Å². The fraction of sp³-hybridized carbons (Fsp3) is 0.133. The molecule has 0 aliphatic rings. The van der Waals surface area contributed by atoms with Gasteiger partial charge in [-0.15, -0.1) is 0 Å². The second kappa shape index (κ2) is 7.74. The Morgan fingerprint density at radius 2 is 1.75 bits per heavy atom. The van der Waals surface area contributed by atoms with E-state index in [1.165, 1.54) is 30.3 Å². The van der Waals surface area contributed by atoms with Crippen molar-refractivity contribution in [3.8, 4) is 0 Å². The minimum Gasteiger partial charge on any atom is -0.481 e. The molecule has 0 heterocycles. The number of hydrogen-bond acceptors (Lipinski definition) is 3. The van der Waals surface area contributed by atoms with Crippen molar-refractivity contribution in [3.05, 3.63) is 57.0 Å². The van der Waals surface area contributed by atoms with Crippen LogP contribution in [0.2, 0.25) is 10.0 Å². The van der Waals surface area contributed by atoms with Gasteiger partial charge in [0.05, 0.1) is 22.0 Å². The van der Waals surface area contributed by atoms with Gasteiger partial charge in [-0.2, -0.15) is 0 Å². The van der Waals surface area contributed by atoms with Gasteiger partial charge in [-0.05, 0) is 42.5 Å². The Bertz CT molecular complexity index is 856. The second-order valence-electron chi connectivity index (χ2n) is 4.77. The zero-order valence-electron chi connectivity index (χ0n) is 12.1. The molecule has 0 aliphatic heterocycles. The predicted octanol–water partition coefficient (Wildman–Crippen LogP) is 4.43.